The molecule has 1 saturated heterocycles. The van der Waals surface area contributed by atoms with Crippen LogP contribution in [0, 0.1) is 0 Å². The first kappa shape index (κ1) is 11.3. The van der Waals surface area contributed by atoms with Crippen molar-refractivity contribution in [2.45, 2.75) is 25.3 Å². The van der Waals surface area contributed by atoms with Crippen LogP contribution in [0.2, 0.25) is 0 Å². The average Bonchev–Trinajstić information content (AvgIpc) is 2.93. The van der Waals surface area contributed by atoms with E-state index in [1.54, 1.807) is 12.5 Å². The van der Waals surface area contributed by atoms with E-state index in [9.17, 15) is 0 Å². The third-order valence-corrected chi connectivity index (χ3v) is 3.48. The molecule has 0 spiro atoms. The summed E-state index contributed by atoms with van der Waals surface area (Å²) in [5.41, 5.74) is 2.35. The summed E-state index contributed by atoms with van der Waals surface area (Å²) in [6, 6.07) is 4.07. The third kappa shape index (κ3) is 2.56. The molecule has 1 atom stereocenters. The maximum absolute atomic E-state index is 4.38. The average molecular weight is 243 g/mol. The minimum absolute atomic E-state index is 0.532. The SMILES string of the molecule is c1cc(C2CCCN(Cc3ccn[nH]3)C2)ncn1. The lowest BCUT2D eigenvalue weighted by Gasteiger charge is -2.31. The highest BCUT2D eigenvalue weighted by molar-refractivity contribution is 5.08. The Balaban J connectivity index is 1.65. The van der Waals surface area contributed by atoms with Crippen molar-refractivity contribution in [3.8, 4) is 0 Å². The maximum Gasteiger partial charge on any atom is 0.115 e. The number of aromatic amines is 1. The topological polar surface area (TPSA) is 57.7 Å². The van der Waals surface area contributed by atoms with Crippen LogP contribution in [0.1, 0.15) is 30.1 Å². The number of rotatable bonds is 3. The van der Waals surface area contributed by atoms with Crippen LogP contribution in [0.5, 0.6) is 0 Å². The molecule has 1 N–H and O–H groups in total. The standard InChI is InChI=1S/C13H17N5/c1-2-11(13-4-5-14-10-15-13)8-18(7-1)9-12-3-6-16-17-12/h3-6,10-11H,1-2,7-9H2,(H,16,17). The van der Waals surface area contributed by atoms with E-state index in [0.717, 1.165) is 19.6 Å². The second kappa shape index (κ2) is 5.27. The number of nitrogens with zero attached hydrogens (tertiary/aromatic N) is 4. The van der Waals surface area contributed by atoms with Crippen molar-refractivity contribution >= 4 is 0 Å². The zero-order valence-corrected chi connectivity index (χ0v) is 10.3. The van der Waals surface area contributed by atoms with Gasteiger partial charge in [-0.15, -0.1) is 0 Å². The number of hydrogen-bond donors (Lipinski definition) is 1. The van der Waals surface area contributed by atoms with E-state index >= 15 is 0 Å². The smallest absolute Gasteiger partial charge is 0.115 e. The number of piperidine rings is 1. The van der Waals surface area contributed by atoms with Crippen molar-refractivity contribution in [1.82, 2.24) is 25.1 Å². The van der Waals surface area contributed by atoms with Gasteiger partial charge in [-0.1, -0.05) is 0 Å². The van der Waals surface area contributed by atoms with Crippen LogP contribution in [0.3, 0.4) is 0 Å². The summed E-state index contributed by atoms with van der Waals surface area (Å²) in [7, 11) is 0. The quantitative estimate of drug-likeness (QED) is 0.889. The summed E-state index contributed by atoms with van der Waals surface area (Å²) in [5, 5.41) is 7.01. The fourth-order valence-corrected chi connectivity index (χ4v) is 2.60. The molecular formula is C13H17N5. The van der Waals surface area contributed by atoms with Gasteiger partial charge in [0.1, 0.15) is 6.33 Å². The van der Waals surface area contributed by atoms with E-state index < -0.39 is 0 Å². The molecule has 1 aliphatic rings. The van der Waals surface area contributed by atoms with Crippen LogP contribution in [0.15, 0.2) is 30.9 Å². The van der Waals surface area contributed by atoms with E-state index in [0.29, 0.717) is 5.92 Å². The van der Waals surface area contributed by atoms with Gasteiger partial charge in [0.15, 0.2) is 0 Å². The molecule has 0 bridgehead atoms. The van der Waals surface area contributed by atoms with Gasteiger partial charge >= 0.3 is 0 Å². The van der Waals surface area contributed by atoms with Gasteiger partial charge in [-0.2, -0.15) is 5.10 Å². The molecule has 0 aromatic carbocycles. The van der Waals surface area contributed by atoms with E-state index in [1.807, 2.05) is 18.3 Å². The summed E-state index contributed by atoms with van der Waals surface area (Å²) in [6.07, 6.45) is 7.72. The summed E-state index contributed by atoms with van der Waals surface area (Å²) in [4.78, 5) is 10.8. The minimum Gasteiger partial charge on any atom is -0.297 e. The Morgan fingerprint density at radius 2 is 2.33 bits per heavy atom. The highest BCUT2D eigenvalue weighted by Gasteiger charge is 2.22. The zero-order chi connectivity index (χ0) is 12.2. The van der Waals surface area contributed by atoms with Crippen molar-refractivity contribution in [1.29, 1.82) is 0 Å². The van der Waals surface area contributed by atoms with Crippen molar-refractivity contribution in [2.75, 3.05) is 13.1 Å². The van der Waals surface area contributed by atoms with Gasteiger partial charge in [-0.3, -0.25) is 10.00 Å². The Kier molecular flexibility index (Phi) is 3.32. The number of hydrogen-bond acceptors (Lipinski definition) is 4. The van der Waals surface area contributed by atoms with Crippen LogP contribution in [0.25, 0.3) is 0 Å². The molecule has 0 radical (unpaired) electrons. The molecule has 2 aromatic heterocycles. The Morgan fingerprint density at radius 3 is 3.11 bits per heavy atom. The minimum atomic E-state index is 0.532. The molecule has 0 aliphatic carbocycles. The molecule has 94 valence electrons. The summed E-state index contributed by atoms with van der Waals surface area (Å²) in [5.74, 6) is 0.532. The van der Waals surface area contributed by atoms with Crippen molar-refractivity contribution < 1.29 is 0 Å². The predicted molar refractivity (Wildman–Crippen MR) is 67.9 cm³/mol. The van der Waals surface area contributed by atoms with Crippen molar-refractivity contribution in [2.24, 2.45) is 0 Å². The molecule has 1 fully saturated rings. The molecule has 5 nitrogen and oxygen atoms in total. The molecule has 3 rings (SSSR count). The van der Waals surface area contributed by atoms with E-state index in [1.165, 1.54) is 24.2 Å². The van der Waals surface area contributed by atoms with Crippen LogP contribution in [-0.2, 0) is 6.54 Å². The van der Waals surface area contributed by atoms with E-state index in [2.05, 4.69) is 25.1 Å². The lowest BCUT2D eigenvalue weighted by Crippen LogP contribution is -2.34. The first-order valence-corrected chi connectivity index (χ1v) is 6.38. The predicted octanol–water partition coefficient (Wildman–Crippen LogP) is 1.58. The van der Waals surface area contributed by atoms with Crippen LogP contribution < -0.4 is 0 Å². The Morgan fingerprint density at radius 1 is 1.33 bits per heavy atom. The van der Waals surface area contributed by atoms with Crippen LogP contribution >= 0.6 is 0 Å². The van der Waals surface area contributed by atoms with E-state index in [-0.39, 0.29) is 0 Å². The molecule has 18 heavy (non-hydrogen) atoms. The largest absolute Gasteiger partial charge is 0.297 e. The normalized spacial score (nSPS) is 21.0. The van der Waals surface area contributed by atoms with Gasteiger partial charge in [0.05, 0.1) is 0 Å². The van der Waals surface area contributed by atoms with Crippen molar-refractivity contribution in [3.05, 3.63) is 42.2 Å². The molecule has 1 aliphatic heterocycles. The van der Waals surface area contributed by atoms with Gasteiger partial charge in [0.2, 0.25) is 0 Å². The number of aromatic nitrogens is 4. The number of H-pyrrole nitrogens is 1. The maximum atomic E-state index is 4.38. The molecule has 1 unspecified atom stereocenters. The fraction of sp³-hybridized carbons (Fsp3) is 0.462. The first-order chi connectivity index (χ1) is 8.92. The third-order valence-electron chi connectivity index (χ3n) is 3.48. The van der Waals surface area contributed by atoms with Gasteiger partial charge in [0, 0.05) is 42.8 Å². The molecule has 3 heterocycles. The van der Waals surface area contributed by atoms with Crippen LogP contribution in [0.4, 0.5) is 0 Å². The zero-order valence-electron chi connectivity index (χ0n) is 10.3. The lowest BCUT2D eigenvalue weighted by atomic mass is 9.94. The second-order valence-corrected chi connectivity index (χ2v) is 4.79. The van der Waals surface area contributed by atoms with Gasteiger partial charge in [-0.05, 0) is 31.5 Å². The highest BCUT2D eigenvalue weighted by Crippen LogP contribution is 2.25. The fourth-order valence-electron chi connectivity index (χ4n) is 2.60. The Hall–Kier alpha value is -1.75. The first-order valence-electron chi connectivity index (χ1n) is 6.38. The second-order valence-electron chi connectivity index (χ2n) is 4.79. The van der Waals surface area contributed by atoms with Gasteiger partial charge in [-0.25, -0.2) is 9.97 Å². The number of likely N-dealkylation sites (tertiary alicyclic amines) is 1. The summed E-state index contributed by atoms with van der Waals surface area (Å²) < 4.78 is 0. The molecule has 0 amide bonds. The Labute approximate surface area is 106 Å². The van der Waals surface area contributed by atoms with Crippen molar-refractivity contribution in [3.63, 3.8) is 0 Å². The molecule has 0 saturated carbocycles. The molecular weight excluding hydrogens is 226 g/mol. The monoisotopic (exact) mass is 243 g/mol. The van der Waals surface area contributed by atoms with E-state index in [4.69, 9.17) is 0 Å². The molecule has 2 aromatic rings. The van der Waals surface area contributed by atoms with Gasteiger partial charge in [0.25, 0.3) is 0 Å². The lowest BCUT2D eigenvalue weighted by molar-refractivity contribution is 0.196. The Bertz CT molecular complexity index is 467. The van der Waals surface area contributed by atoms with Gasteiger partial charge < -0.3 is 0 Å². The highest BCUT2D eigenvalue weighted by atomic mass is 15.2. The number of nitrogens with one attached hydrogen (secondary N) is 1. The molecule has 5 heteroatoms. The summed E-state index contributed by atoms with van der Waals surface area (Å²) in [6.45, 7) is 3.16. The summed E-state index contributed by atoms with van der Waals surface area (Å²) >= 11 is 0. The van der Waals surface area contributed by atoms with Crippen LogP contribution in [-0.4, -0.2) is 38.2 Å².